The van der Waals surface area contributed by atoms with Gasteiger partial charge in [0.1, 0.15) is 11.9 Å². The SMILES string of the molecule is O=C(Nc1ccc(F)cc1)C(c1ccncc1)N1CCN(CC(=O)N2CCCC2)CC1. The van der Waals surface area contributed by atoms with Crippen molar-refractivity contribution >= 4 is 17.5 Å². The van der Waals surface area contributed by atoms with Gasteiger partial charge in [0.2, 0.25) is 11.8 Å². The fourth-order valence-electron chi connectivity index (χ4n) is 4.26. The van der Waals surface area contributed by atoms with Crippen LogP contribution in [0.5, 0.6) is 0 Å². The van der Waals surface area contributed by atoms with Crippen LogP contribution in [0.25, 0.3) is 0 Å². The molecular weight excluding hydrogens is 397 g/mol. The van der Waals surface area contributed by atoms with Crippen molar-refractivity contribution in [2.75, 3.05) is 51.1 Å². The summed E-state index contributed by atoms with van der Waals surface area (Å²) in [6.45, 7) is 4.98. The quantitative estimate of drug-likeness (QED) is 0.768. The molecule has 31 heavy (non-hydrogen) atoms. The van der Waals surface area contributed by atoms with Crippen molar-refractivity contribution in [2.24, 2.45) is 0 Å². The molecule has 1 N–H and O–H groups in total. The minimum atomic E-state index is -0.482. The van der Waals surface area contributed by atoms with E-state index in [4.69, 9.17) is 0 Å². The average molecular weight is 426 g/mol. The zero-order valence-corrected chi connectivity index (χ0v) is 17.5. The van der Waals surface area contributed by atoms with Crippen LogP contribution < -0.4 is 5.32 Å². The van der Waals surface area contributed by atoms with Crippen molar-refractivity contribution in [2.45, 2.75) is 18.9 Å². The highest BCUT2D eigenvalue weighted by atomic mass is 19.1. The Kier molecular flexibility index (Phi) is 6.89. The van der Waals surface area contributed by atoms with Gasteiger partial charge in [-0.2, -0.15) is 0 Å². The first-order chi connectivity index (χ1) is 15.1. The first-order valence-electron chi connectivity index (χ1n) is 10.8. The standard InChI is InChI=1S/C23H28FN5O2/c24-19-3-5-20(6-4-19)26-23(31)22(18-7-9-25-10-8-18)29-15-13-27(14-16-29)17-21(30)28-11-1-2-12-28/h3-10,22H,1-2,11-17H2,(H,26,31). The number of carbonyl (C=O) groups is 2. The van der Waals surface area contributed by atoms with Gasteiger partial charge < -0.3 is 10.2 Å². The molecule has 0 radical (unpaired) electrons. The van der Waals surface area contributed by atoms with Crippen LogP contribution in [0.3, 0.4) is 0 Å². The number of nitrogens with one attached hydrogen (secondary N) is 1. The third-order valence-electron chi connectivity index (χ3n) is 5.97. The number of pyridine rings is 1. The minimum Gasteiger partial charge on any atom is -0.342 e. The number of anilines is 1. The van der Waals surface area contributed by atoms with Crippen LogP contribution in [0, 0.1) is 5.82 Å². The lowest BCUT2D eigenvalue weighted by molar-refractivity contribution is -0.132. The van der Waals surface area contributed by atoms with Gasteiger partial charge in [0.25, 0.3) is 0 Å². The summed E-state index contributed by atoms with van der Waals surface area (Å²) in [5.74, 6) is -0.312. The van der Waals surface area contributed by atoms with Gasteiger partial charge in [-0.15, -0.1) is 0 Å². The van der Waals surface area contributed by atoms with Gasteiger partial charge in [0.05, 0.1) is 6.54 Å². The number of hydrogen-bond donors (Lipinski definition) is 1. The summed E-state index contributed by atoms with van der Waals surface area (Å²) < 4.78 is 13.2. The van der Waals surface area contributed by atoms with E-state index in [1.165, 1.54) is 12.1 Å². The highest BCUT2D eigenvalue weighted by Crippen LogP contribution is 2.24. The first-order valence-corrected chi connectivity index (χ1v) is 10.8. The largest absolute Gasteiger partial charge is 0.342 e. The second-order valence-corrected chi connectivity index (χ2v) is 8.08. The van der Waals surface area contributed by atoms with Crippen molar-refractivity contribution in [1.29, 1.82) is 0 Å². The van der Waals surface area contributed by atoms with E-state index in [1.54, 1.807) is 24.5 Å². The number of carbonyl (C=O) groups excluding carboxylic acids is 2. The van der Waals surface area contributed by atoms with Crippen molar-refractivity contribution < 1.29 is 14.0 Å². The topological polar surface area (TPSA) is 68.8 Å². The molecule has 2 amide bonds. The Morgan fingerprint density at radius 3 is 2.23 bits per heavy atom. The summed E-state index contributed by atoms with van der Waals surface area (Å²) in [5, 5.41) is 2.90. The third-order valence-corrected chi connectivity index (χ3v) is 5.97. The maximum Gasteiger partial charge on any atom is 0.246 e. The number of halogens is 1. The monoisotopic (exact) mass is 425 g/mol. The summed E-state index contributed by atoms with van der Waals surface area (Å²) in [4.78, 5) is 36.0. The van der Waals surface area contributed by atoms with Gasteiger partial charge in [-0.25, -0.2) is 4.39 Å². The number of rotatable bonds is 6. The van der Waals surface area contributed by atoms with E-state index in [9.17, 15) is 14.0 Å². The second-order valence-electron chi connectivity index (χ2n) is 8.08. The molecule has 8 heteroatoms. The van der Waals surface area contributed by atoms with Crippen LogP contribution in [-0.4, -0.2) is 77.3 Å². The van der Waals surface area contributed by atoms with Gasteiger partial charge in [-0.1, -0.05) is 0 Å². The minimum absolute atomic E-state index is 0.167. The lowest BCUT2D eigenvalue weighted by Crippen LogP contribution is -2.52. The van der Waals surface area contributed by atoms with E-state index in [2.05, 4.69) is 20.1 Å². The zero-order valence-electron chi connectivity index (χ0n) is 17.5. The Hall–Kier alpha value is -2.84. The van der Waals surface area contributed by atoms with Crippen LogP contribution in [0.4, 0.5) is 10.1 Å². The molecule has 1 atom stereocenters. The van der Waals surface area contributed by atoms with Gasteiger partial charge >= 0.3 is 0 Å². The molecule has 1 unspecified atom stereocenters. The molecule has 2 fully saturated rings. The number of benzene rings is 1. The zero-order chi connectivity index (χ0) is 21.6. The lowest BCUT2D eigenvalue weighted by atomic mass is 10.0. The maximum absolute atomic E-state index is 13.2. The number of hydrogen-bond acceptors (Lipinski definition) is 5. The molecule has 0 aliphatic carbocycles. The molecule has 7 nitrogen and oxygen atoms in total. The van der Waals surface area contributed by atoms with Crippen molar-refractivity contribution in [3.63, 3.8) is 0 Å². The van der Waals surface area contributed by atoms with E-state index in [-0.39, 0.29) is 17.6 Å². The normalized spacial score (nSPS) is 18.7. The fraction of sp³-hybridized carbons (Fsp3) is 0.435. The Labute approximate surface area is 181 Å². The number of aromatic nitrogens is 1. The van der Waals surface area contributed by atoms with E-state index in [1.807, 2.05) is 17.0 Å². The maximum atomic E-state index is 13.2. The van der Waals surface area contributed by atoms with Crippen molar-refractivity contribution in [3.8, 4) is 0 Å². The van der Waals surface area contributed by atoms with Crippen LogP contribution in [0.15, 0.2) is 48.8 Å². The van der Waals surface area contributed by atoms with Crippen molar-refractivity contribution in [3.05, 3.63) is 60.2 Å². The predicted octanol–water partition coefficient (Wildman–Crippen LogP) is 2.14. The third kappa shape index (κ3) is 5.45. The second kappa shape index (κ2) is 9.98. The van der Waals surface area contributed by atoms with E-state index >= 15 is 0 Å². The molecule has 2 aromatic rings. The Morgan fingerprint density at radius 1 is 0.935 bits per heavy atom. The molecule has 0 saturated carbocycles. The number of likely N-dealkylation sites (tertiary alicyclic amines) is 1. The van der Waals surface area contributed by atoms with E-state index in [0.29, 0.717) is 25.3 Å². The summed E-state index contributed by atoms with van der Waals surface area (Å²) in [6, 6.07) is 8.97. The molecule has 3 heterocycles. The summed E-state index contributed by atoms with van der Waals surface area (Å²) >= 11 is 0. The molecule has 1 aromatic heterocycles. The molecule has 0 bridgehead atoms. The van der Waals surface area contributed by atoms with Gasteiger partial charge in [-0.3, -0.25) is 24.4 Å². The number of amides is 2. The smallest absolute Gasteiger partial charge is 0.246 e. The average Bonchev–Trinajstić information content (AvgIpc) is 3.33. The Balaban J connectivity index is 1.41. The molecule has 0 spiro atoms. The van der Waals surface area contributed by atoms with Crippen LogP contribution >= 0.6 is 0 Å². The molecule has 164 valence electrons. The van der Waals surface area contributed by atoms with Crippen LogP contribution in [-0.2, 0) is 9.59 Å². The lowest BCUT2D eigenvalue weighted by Gasteiger charge is -2.38. The summed E-state index contributed by atoms with van der Waals surface area (Å²) in [5.41, 5.74) is 1.41. The predicted molar refractivity (Wildman–Crippen MR) is 116 cm³/mol. The van der Waals surface area contributed by atoms with Crippen molar-refractivity contribution in [1.82, 2.24) is 19.7 Å². The molecule has 4 rings (SSSR count). The van der Waals surface area contributed by atoms with E-state index < -0.39 is 6.04 Å². The molecule has 2 saturated heterocycles. The number of piperazine rings is 1. The summed E-state index contributed by atoms with van der Waals surface area (Å²) in [7, 11) is 0. The molecule has 1 aromatic carbocycles. The van der Waals surface area contributed by atoms with Crippen LogP contribution in [0.2, 0.25) is 0 Å². The van der Waals surface area contributed by atoms with Gasteiger partial charge in [0, 0.05) is 57.3 Å². The van der Waals surface area contributed by atoms with Gasteiger partial charge in [-0.05, 0) is 54.8 Å². The highest BCUT2D eigenvalue weighted by Gasteiger charge is 2.31. The Morgan fingerprint density at radius 2 is 1.58 bits per heavy atom. The van der Waals surface area contributed by atoms with E-state index in [0.717, 1.165) is 44.6 Å². The fourth-order valence-corrected chi connectivity index (χ4v) is 4.26. The molecule has 2 aliphatic rings. The van der Waals surface area contributed by atoms with Crippen LogP contribution in [0.1, 0.15) is 24.4 Å². The van der Waals surface area contributed by atoms with Gasteiger partial charge in [0.15, 0.2) is 0 Å². The summed E-state index contributed by atoms with van der Waals surface area (Å²) in [6.07, 6.45) is 5.55. The number of nitrogens with zero attached hydrogens (tertiary/aromatic N) is 4. The Bertz CT molecular complexity index is 879. The highest BCUT2D eigenvalue weighted by molar-refractivity contribution is 5.95. The molecular formula is C23H28FN5O2. The molecule has 2 aliphatic heterocycles. The first kappa shape index (κ1) is 21.4.